The molecule has 0 spiro atoms. The van der Waals surface area contributed by atoms with Gasteiger partial charge in [-0.3, -0.25) is 3.87 Å². The predicted octanol–water partition coefficient (Wildman–Crippen LogP) is 10.4. The normalized spacial score (nSPS) is 15.6. The van der Waals surface area contributed by atoms with Crippen LogP contribution < -0.4 is 21.4 Å². The van der Waals surface area contributed by atoms with E-state index in [-0.39, 0.29) is 0 Å². The Morgan fingerprint density at radius 3 is 1.61 bits per heavy atom. The molecule has 0 saturated heterocycles. The summed E-state index contributed by atoms with van der Waals surface area (Å²) in [5, 5.41) is 0. The van der Waals surface area contributed by atoms with Gasteiger partial charge in [-0.15, -0.1) is 0 Å². The van der Waals surface area contributed by atoms with E-state index in [2.05, 4.69) is 148 Å². The summed E-state index contributed by atoms with van der Waals surface area (Å²) in [5.41, 5.74) is 11.3. The Balaban J connectivity index is -0.000000755. The third-order valence-electron chi connectivity index (χ3n) is 8.12. The number of hydrogen-bond acceptors (Lipinski definition) is 10. The molecule has 0 rings (SSSR count). The van der Waals surface area contributed by atoms with E-state index in [9.17, 15) is 0 Å². The monoisotopic (exact) mass is 955 g/mol. The minimum absolute atomic E-state index is 0.678. The van der Waals surface area contributed by atoms with Gasteiger partial charge in [-0.1, -0.05) is 59.3 Å². The molecule has 0 aliphatic heterocycles. The summed E-state index contributed by atoms with van der Waals surface area (Å²) in [4.78, 5) is 7.15. The number of nitrogens with two attached hydrogens (primary N) is 2. The molecule has 19 heteroatoms. The molecule has 56 heavy (non-hydrogen) atoms. The number of rotatable bonds is 30. The SMILES string of the molecule is CCCC[Si](C)(C)CCOC[SiH](C)NCCC.CCCN[Si](C)(C)O[Si](C)(C)O[Si](C)(C)CCCN.C[Si](C)(C)O[Si](C)(C)OS(C)(CCCN)O[Si](C)(C)C. The van der Waals surface area contributed by atoms with E-state index in [1.165, 1.54) is 31.4 Å². The lowest BCUT2D eigenvalue weighted by atomic mass is 10.4. The van der Waals surface area contributed by atoms with Crippen molar-refractivity contribution in [3.8, 4) is 0 Å². The van der Waals surface area contributed by atoms with Crippen molar-refractivity contribution in [2.45, 2.75) is 189 Å². The zero-order valence-electron chi connectivity index (χ0n) is 41.4. The summed E-state index contributed by atoms with van der Waals surface area (Å²) in [6, 6.07) is 3.92. The van der Waals surface area contributed by atoms with Crippen molar-refractivity contribution in [2.75, 3.05) is 51.0 Å². The minimum atomic E-state index is -2.17. The van der Waals surface area contributed by atoms with Crippen molar-refractivity contribution >= 4 is 78.2 Å². The summed E-state index contributed by atoms with van der Waals surface area (Å²) in [5.74, 6) is 0.902. The van der Waals surface area contributed by atoms with E-state index in [0.717, 1.165) is 63.5 Å². The number of unbranched alkanes of at least 4 members (excludes halogenated alkanes) is 1. The lowest BCUT2D eigenvalue weighted by Gasteiger charge is -2.49. The van der Waals surface area contributed by atoms with Crippen molar-refractivity contribution in [3.63, 3.8) is 0 Å². The van der Waals surface area contributed by atoms with Crippen LogP contribution in [0.15, 0.2) is 0 Å². The molecule has 0 bridgehead atoms. The van der Waals surface area contributed by atoms with Crippen LogP contribution >= 0.6 is 10.6 Å². The molecule has 0 amide bonds. The smallest absolute Gasteiger partial charge is 0.345 e. The Labute approximate surface area is 362 Å². The maximum Gasteiger partial charge on any atom is 0.345 e. The predicted molar refractivity (Wildman–Crippen MR) is 275 cm³/mol. The van der Waals surface area contributed by atoms with Crippen LogP contribution in [0.4, 0.5) is 0 Å². The molecular weight excluding hydrogens is 853 g/mol. The topological polar surface area (TPSA) is 131 Å². The molecule has 0 aromatic rings. The Bertz CT molecular complexity index is 956. The zero-order valence-corrected chi connectivity index (χ0v) is 50.4. The second-order valence-electron chi connectivity index (χ2n) is 20.3. The largest absolute Gasteiger partial charge is 0.436 e. The van der Waals surface area contributed by atoms with Gasteiger partial charge in [0, 0.05) is 26.7 Å². The van der Waals surface area contributed by atoms with Gasteiger partial charge < -0.3 is 42.4 Å². The lowest BCUT2D eigenvalue weighted by Crippen LogP contribution is -2.58. The molecule has 2 unspecified atom stereocenters. The molecule has 6 N–H and O–H groups in total. The van der Waals surface area contributed by atoms with Gasteiger partial charge >= 0.3 is 17.1 Å². The molecule has 2 atom stereocenters. The Hall–Kier alpha value is 1.69. The van der Waals surface area contributed by atoms with Crippen molar-refractivity contribution in [2.24, 2.45) is 11.5 Å². The van der Waals surface area contributed by atoms with Crippen LogP contribution in [-0.2, 0) is 24.8 Å². The maximum atomic E-state index is 6.47. The van der Waals surface area contributed by atoms with Gasteiger partial charge in [0.05, 0.1) is 6.23 Å². The highest BCUT2D eigenvalue weighted by Crippen LogP contribution is 2.52. The van der Waals surface area contributed by atoms with Crippen LogP contribution in [0, 0.1) is 0 Å². The molecule has 344 valence electrons. The van der Waals surface area contributed by atoms with Crippen LogP contribution in [0.1, 0.15) is 59.3 Å². The molecule has 0 saturated carbocycles. The first-order chi connectivity index (χ1) is 25.2. The highest BCUT2D eigenvalue weighted by atomic mass is 32.3. The van der Waals surface area contributed by atoms with E-state index in [1.807, 2.05) is 0 Å². The molecule has 0 radical (unpaired) electrons. The molecule has 0 aromatic carbocycles. The van der Waals surface area contributed by atoms with Crippen LogP contribution in [0.25, 0.3) is 0 Å². The Kier molecular flexibility index (Phi) is 33.1. The minimum Gasteiger partial charge on any atom is -0.436 e. The molecular formula is C37H102N4O6SSi8. The summed E-state index contributed by atoms with van der Waals surface area (Å²) >= 11 is 0. The molecule has 0 aromatic heterocycles. The van der Waals surface area contributed by atoms with E-state index >= 15 is 0 Å². The molecule has 0 heterocycles. The van der Waals surface area contributed by atoms with Crippen LogP contribution in [0.5, 0.6) is 0 Å². The first-order valence-corrected chi connectivity index (χ1v) is 48.5. The number of nitrogens with one attached hydrogen (secondary N) is 2. The quantitative estimate of drug-likeness (QED) is 0.0408. The van der Waals surface area contributed by atoms with Gasteiger partial charge in [0.1, 0.15) is 8.96 Å². The average molecular weight is 956 g/mol. The van der Waals surface area contributed by atoms with E-state index in [0.29, 0.717) is 6.54 Å². The zero-order chi connectivity index (χ0) is 44.5. The van der Waals surface area contributed by atoms with Crippen LogP contribution in [0.3, 0.4) is 0 Å². The van der Waals surface area contributed by atoms with E-state index < -0.39 is 78.2 Å². The van der Waals surface area contributed by atoms with Crippen molar-refractivity contribution in [3.05, 3.63) is 0 Å². The van der Waals surface area contributed by atoms with Crippen molar-refractivity contribution in [1.29, 1.82) is 0 Å². The second-order valence-corrected chi connectivity index (χ2v) is 55.7. The Morgan fingerprint density at radius 1 is 0.589 bits per heavy atom. The van der Waals surface area contributed by atoms with Crippen molar-refractivity contribution < 1.29 is 24.8 Å². The fourth-order valence-corrected chi connectivity index (χ4v) is 39.2. The molecule has 0 aliphatic carbocycles. The molecule has 10 nitrogen and oxygen atoms in total. The summed E-state index contributed by atoms with van der Waals surface area (Å²) in [6.45, 7) is 49.5. The third kappa shape index (κ3) is 41.1. The first-order valence-electron chi connectivity index (χ1n) is 22.0. The molecule has 0 fully saturated rings. The Morgan fingerprint density at radius 2 is 1.14 bits per heavy atom. The van der Waals surface area contributed by atoms with Gasteiger partial charge in [0.25, 0.3) is 8.48 Å². The first kappa shape index (κ1) is 62.0. The van der Waals surface area contributed by atoms with E-state index in [4.69, 9.17) is 36.3 Å². The van der Waals surface area contributed by atoms with Crippen LogP contribution in [-0.4, -0.2) is 119 Å². The summed E-state index contributed by atoms with van der Waals surface area (Å²) in [7, 11) is -14.2. The highest BCUT2D eigenvalue weighted by Gasteiger charge is 2.40. The average Bonchev–Trinajstić information content (AvgIpc) is 2.99. The van der Waals surface area contributed by atoms with Gasteiger partial charge in [-0.05, 0) is 156 Å². The second kappa shape index (κ2) is 29.9. The van der Waals surface area contributed by atoms with Gasteiger partial charge in [0.15, 0.2) is 16.6 Å². The fraction of sp³-hybridized carbons (Fsp3) is 1.00. The number of ether oxygens (including phenoxy) is 1. The maximum absolute atomic E-state index is 6.47. The van der Waals surface area contributed by atoms with Crippen molar-refractivity contribution in [1.82, 2.24) is 9.96 Å². The van der Waals surface area contributed by atoms with Gasteiger partial charge in [0.2, 0.25) is 8.32 Å². The third-order valence-corrected chi connectivity index (χ3v) is 35.8. The van der Waals surface area contributed by atoms with Gasteiger partial charge in [-0.25, -0.2) is 10.6 Å². The van der Waals surface area contributed by atoms with Gasteiger partial charge in [-0.2, -0.15) is 0 Å². The van der Waals surface area contributed by atoms with E-state index in [1.54, 1.807) is 0 Å². The summed E-state index contributed by atoms with van der Waals surface area (Å²) < 4.78 is 37.8. The fourth-order valence-electron chi connectivity index (χ4n) is 6.33. The lowest BCUT2D eigenvalue weighted by molar-refractivity contribution is 0.188. The molecule has 0 aliphatic rings. The van der Waals surface area contributed by atoms with Crippen LogP contribution in [0.2, 0.25) is 129 Å². The number of hydrogen-bond donors (Lipinski definition) is 4. The summed E-state index contributed by atoms with van der Waals surface area (Å²) in [6.07, 6.45) is 10.2. The highest BCUT2D eigenvalue weighted by molar-refractivity contribution is 8.26. The standard InChI is InChI=1S/C13H33NOSi2.C12H34N2O2Si3.C12H35NO3SSi3/c1-6-8-11-17(4,5)12-10-15-13-16(3)14-9-7-2;1-8-11-14-18(4,5)16-19(6,7)15-17(2,3)12-9-10-13;1-17(12-10-11-13,14-18(2,3)4)15-20(8,9)16-19(5,6)7/h14,16H,6-13H2,1-5H3;14H,8-13H2,1-7H3;10-13H2,1-9H3.